The molecule has 2 nitrogen and oxygen atoms in total. The van der Waals surface area contributed by atoms with Gasteiger partial charge in [-0.3, -0.25) is 4.79 Å². The average Bonchev–Trinajstić information content (AvgIpc) is 2.42. The Bertz CT molecular complexity index is 497. The fourth-order valence-corrected chi connectivity index (χ4v) is 3.02. The molecular formula is C15H17Br2NO. The van der Waals surface area contributed by atoms with Gasteiger partial charge in [0.15, 0.2) is 0 Å². The van der Waals surface area contributed by atoms with Gasteiger partial charge in [-0.2, -0.15) is 0 Å². The van der Waals surface area contributed by atoms with Crippen molar-refractivity contribution in [2.45, 2.75) is 32.1 Å². The van der Waals surface area contributed by atoms with E-state index in [1.807, 2.05) is 18.2 Å². The fraction of sp³-hybridized carbons (Fsp3) is 0.400. The minimum Gasteiger partial charge on any atom is -0.352 e. The Labute approximate surface area is 130 Å². The van der Waals surface area contributed by atoms with Crippen molar-refractivity contribution in [2.24, 2.45) is 0 Å². The van der Waals surface area contributed by atoms with Crippen LogP contribution in [0.4, 0.5) is 0 Å². The van der Waals surface area contributed by atoms with Gasteiger partial charge in [0.05, 0.1) is 5.56 Å². The van der Waals surface area contributed by atoms with E-state index in [0.29, 0.717) is 12.1 Å². The van der Waals surface area contributed by atoms with Crippen LogP contribution in [0.5, 0.6) is 0 Å². The molecule has 0 aliphatic heterocycles. The lowest BCUT2D eigenvalue weighted by molar-refractivity contribution is 0.0953. The van der Waals surface area contributed by atoms with Crippen molar-refractivity contribution in [3.05, 3.63) is 44.4 Å². The van der Waals surface area contributed by atoms with Gasteiger partial charge in [0, 0.05) is 15.5 Å². The zero-order chi connectivity index (χ0) is 13.7. The molecular weight excluding hydrogens is 370 g/mol. The van der Waals surface area contributed by atoms with E-state index in [2.05, 4.69) is 43.3 Å². The van der Waals surface area contributed by atoms with E-state index in [9.17, 15) is 4.79 Å². The number of carbonyl (C=O) groups is 1. The standard InChI is InChI=1S/C15H17Br2NO/c16-12-6-7-14(17)13(10-12)15(19)18-9-8-11-4-2-1-3-5-11/h4,6-7,10H,1-3,5,8-9H2,(H,18,19). The maximum atomic E-state index is 12.1. The lowest BCUT2D eigenvalue weighted by atomic mass is 9.97. The minimum absolute atomic E-state index is 0.0235. The van der Waals surface area contributed by atoms with Gasteiger partial charge < -0.3 is 5.32 Å². The summed E-state index contributed by atoms with van der Waals surface area (Å²) in [5.41, 5.74) is 2.16. The normalized spacial score (nSPS) is 14.9. The van der Waals surface area contributed by atoms with Crippen LogP contribution in [0.25, 0.3) is 0 Å². The lowest BCUT2D eigenvalue weighted by Crippen LogP contribution is -2.25. The summed E-state index contributed by atoms with van der Waals surface area (Å²) >= 11 is 6.79. The van der Waals surface area contributed by atoms with Crippen molar-refractivity contribution in [3.8, 4) is 0 Å². The largest absolute Gasteiger partial charge is 0.352 e. The monoisotopic (exact) mass is 385 g/mol. The summed E-state index contributed by atoms with van der Waals surface area (Å²) in [5.74, 6) is -0.0235. The first kappa shape index (κ1) is 14.8. The highest BCUT2D eigenvalue weighted by Crippen LogP contribution is 2.22. The summed E-state index contributed by atoms with van der Waals surface area (Å²) in [5, 5.41) is 2.98. The summed E-state index contributed by atoms with van der Waals surface area (Å²) in [6, 6.07) is 5.62. The third kappa shape index (κ3) is 4.46. The van der Waals surface area contributed by atoms with E-state index in [-0.39, 0.29) is 5.91 Å². The van der Waals surface area contributed by atoms with Crippen molar-refractivity contribution in [3.63, 3.8) is 0 Å². The topological polar surface area (TPSA) is 29.1 Å². The number of halogens is 2. The molecule has 0 fully saturated rings. The molecule has 102 valence electrons. The molecule has 2 rings (SSSR count). The van der Waals surface area contributed by atoms with Crippen LogP contribution in [-0.4, -0.2) is 12.5 Å². The summed E-state index contributed by atoms with van der Waals surface area (Å²) in [7, 11) is 0. The zero-order valence-corrected chi connectivity index (χ0v) is 13.9. The molecule has 0 radical (unpaired) electrons. The predicted octanol–water partition coefficient (Wildman–Crippen LogP) is 4.83. The van der Waals surface area contributed by atoms with E-state index in [4.69, 9.17) is 0 Å². The number of hydrogen-bond acceptors (Lipinski definition) is 1. The number of rotatable bonds is 4. The highest BCUT2D eigenvalue weighted by atomic mass is 79.9. The van der Waals surface area contributed by atoms with E-state index < -0.39 is 0 Å². The van der Waals surface area contributed by atoms with Crippen LogP contribution in [0.1, 0.15) is 42.5 Å². The van der Waals surface area contributed by atoms with E-state index in [1.54, 1.807) is 0 Å². The van der Waals surface area contributed by atoms with Crippen molar-refractivity contribution in [1.29, 1.82) is 0 Å². The fourth-order valence-electron chi connectivity index (χ4n) is 2.24. The van der Waals surface area contributed by atoms with Crippen LogP contribution in [0.2, 0.25) is 0 Å². The van der Waals surface area contributed by atoms with E-state index >= 15 is 0 Å². The molecule has 0 saturated heterocycles. The van der Waals surface area contributed by atoms with Gasteiger partial charge in [0.2, 0.25) is 0 Å². The van der Waals surface area contributed by atoms with Crippen LogP contribution < -0.4 is 5.32 Å². The van der Waals surface area contributed by atoms with Crippen LogP contribution in [0.15, 0.2) is 38.8 Å². The Morgan fingerprint density at radius 2 is 2.11 bits per heavy atom. The number of amides is 1. The molecule has 1 aromatic carbocycles. The predicted molar refractivity (Wildman–Crippen MR) is 85.3 cm³/mol. The van der Waals surface area contributed by atoms with Gasteiger partial charge in [-0.05, 0) is 66.2 Å². The third-order valence-corrected chi connectivity index (χ3v) is 4.47. The summed E-state index contributed by atoms with van der Waals surface area (Å²) < 4.78 is 1.74. The van der Waals surface area contributed by atoms with Gasteiger partial charge >= 0.3 is 0 Å². The quantitative estimate of drug-likeness (QED) is 0.737. The summed E-state index contributed by atoms with van der Waals surface area (Å²) in [6.45, 7) is 0.712. The number of hydrogen-bond donors (Lipinski definition) is 1. The Morgan fingerprint density at radius 3 is 2.84 bits per heavy atom. The van der Waals surface area contributed by atoms with E-state index in [0.717, 1.165) is 15.4 Å². The van der Waals surface area contributed by atoms with Crippen LogP contribution in [0, 0.1) is 0 Å². The smallest absolute Gasteiger partial charge is 0.252 e. The first-order chi connectivity index (χ1) is 9.16. The number of benzene rings is 1. The van der Waals surface area contributed by atoms with E-state index in [1.165, 1.54) is 31.3 Å². The van der Waals surface area contributed by atoms with Crippen LogP contribution >= 0.6 is 31.9 Å². The molecule has 0 unspecified atom stereocenters. The van der Waals surface area contributed by atoms with Gasteiger partial charge in [0.25, 0.3) is 5.91 Å². The molecule has 1 aliphatic rings. The van der Waals surface area contributed by atoms with Crippen LogP contribution in [0.3, 0.4) is 0 Å². The highest BCUT2D eigenvalue weighted by molar-refractivity contribution is 9.11. The Kier molecular flexibility index (Phi) is 5.64. The summed E-state index contributed by atoms with van der Waals surface area (Å²) in [4.78, 5) is 12.1. The third-order valence-electron chi connectivity index (χ3n) is 3.29. The molecule has 0 heterocycles. The number of carbonyl (C=O) groups excluding carboxylic acids is 1. The maximum Gasteiger partial charge on any atom is 0.252 e. The SMILES string of the molecule is O=C(NCCC1=CCCCC1)c1cc(Br)ccc1Br. The average molecular weight is 387 g/mol. The molecule has 0 bridgehead atoms. The maximum absolute atomic E-state index is 12.1. The second-order valence-electron chi connectivity index (χ2n) is 4.74. The second-order valence-corrected chi connectivity index (χ2v) is 6.51. The summed E-state index contributed by atoms with van der Waals surface area (Å²) in [6.07, 6.45) is 8.27. The van der Waals surface area contributed by atoms with Crippen molar-refractivity contribution < 1.29 is 4.79 Å². The highest BCUT2D eigenvalue weighted by Gasteiger charge is 2.10. The molecule has 0 aromatic heterocycles. The van der Waals surface area contributed by atoms with Crippen molar-refractivity contribution in [2.75, 3.05) is 6.54 Å². The second kappa shape index (κ2) is 7.25. The molecule has 4 heteroatoms. The molecule has 1 amide bonds. The Hall–Kier alpha value is -0.610. The molecule has 0 spiro atoms. The van der Waals surface area contributed by atoms with Crippen molar-refractivity contribution in [1.82, 2.24) is 5.32 Å². The zero-order valence-electron chi connectivity index (χ0n) is 10.7. The van der Waals surface area contributed by atoms with Gasteiger partial charge in [-0.25, -0.2) is 0 Å². The first-order valence-electron chi connectivity index (χ1n) is 6.58. The van der Waals surface area contributed by atoms with Gasteiger partial charge in [0.1, 0.15) is 0 Å². The van der Waals surface area contributed by atoms with Gasteiger partial charge in [-0.1, -0.05) is 27.6 Å². The van der Waals surface area contributed by atoms with Gasteiger partial charge in [-0.15, -0.1) is 0 Å². The minimum atomic E-state index is -0.0235. The molecule has 0 atom stereocenters. The Balaban J connectivity index is 1.87. The molecule has 0 saturated carbocycles. The van der Waals surface area contributed by atoms with Crippen LogP contribution in [-0.2, 0) is 0 Å². The first-order valence-corrected chi connectivity index (χ1v) is 8.16. The van der Waals surface area contributed by atoms with Crippen molar-refractivity contribution >= 4 is 37.8 Å². The molecule has 1 N–H and O–H groups in total. The lowest BCUT2D eigenvalue weighted by Gasteiger charge is -2.13. The molecule has 19 heavy (non-hydrogen) atoms. The molecule has 1 aliphatic carbocycles. The number of nitrogens with one attached hydrogen (secondary N) is 1. The molecule has 1 aromatic rings. The Morgan fingerprint density at radius 1 is 1.26 bits per heavy atom. The number of allylic oxidation sites excluding steroid dienone is 1.